The number of nitrogens with zero attached hydrogens (tertiary/aromatic N) is 3. The zero-order valence-electron chi connectivity index (χ0n) is 19.0. The lowest BCUT2D eigenvalue weighted by Gasteiger charge is -2.20. The highest BCUT2D eigenvalue weighted by Gasteiger charge is 2.32. The number of hydrogen-bond donors (Lipinski definition) is 0. The summed E-state index contributed by atoms with van der Waals surface area (Å²) in [6, 6.07) is 14.6. The van der Waals surface area contributed by atoms with Crippen LogP contribution in [0.5, 0.6) is 0 Å². The normalized spacial score (nSPS) is 14.5. The van der Waals surface area contributed by atoms with Crippen molar-refractivity contribution in [3.05, 3.63) is 65.2 Å². The van der Waals surface area contributed by atoms with Crippen LogP contribution in [0.15, 0.2) is 59.2 Å². The first-order valence-electron chi connectivity index (χ1n) is 10.9. The second-order valence-electron chi connectivity index (χ2n) is 7.04. The lowest BCUT2D eigenvalue weighted by Crippen LogP contribution is -2.22. The van der Waals surface area contributed by atoms with Crippen molar-refractivity contribution in [2.45, 2.75) is 27.7 Å². The van der Waals surface area contributed by atoms with Crippen LogP contribution < -0.4 is 9.91 Å². The third-order valence-electron chi connectivity index (χ3n) is 5.08. The number of hydrogen-bond acceptors (Lipinski definition) is 6. The minimum absolute atomic E-state index is 0.278. The Hall–Kier alpha value is -3.61. The molecule has 1 aliphatic rings. The fraction of sp³-hybridized carbons (Fsp3) is 0.320. The molecule has 32 heavy (non-hydrogen) atoms. The third-order valence-corrected chi connectivity index (χ3v) is 5.08. The van der Waals surface area contributed by atoms with Gasteiger partial charge in [0.15, 0.2) is 0 Å². The van der Waals surface area contributed by atoms with Crippen molar-refractivity contribution in [3.8, 4) is 0 Å². The summed E-state index contributed by atoms with van der Waals surface area (Å²) in [6.07, 6.45) is 1.79. The van der Waals surface area contributed by atoms with Gasteiger partial charge in [-0.3, -0.25) is 4.79 Å². The molecule has 0 aromatic heterocycles. The largest absolute Gasteiger partial charge is 0.476 e. The molecule has 3 rings (SSSR count). The number of esters is 1. The lowest BCUT2D eigenvalue weighted by molar-refractivity contribution is -0.114. The van der Waals surface area contributed by atoms with E-state index in [1.807, 2.05) is 31.2 Å². The van der Waals surface area contributed by atoms with Gasteiger partial charge < -0.3 is 14.4 Å². The van der Waals surface area contributed by atoms with Gasteiger partial charge in [-0.05, 0) is 75.7 Å². The molecule has 0 bridgehead atoms. The molecule has 168 valence electrons. The van der Waals surface area contributed by atoms with Crippen molar-refractivity contribution in [2.75, 3.05) is 36.2 Å². The SMILES string of the molecule is CCOC(=O)c1ccc(N2N=C(OCC)/C(=C/c3ccc(N(CC)CC)cc3)C2=O)cc1. The summed E-state index contributed by atoms with van der Waals surface area (Å²) in [5.41, 5.74) is 3.37. The van der Waals surface area contributed by atoms with E-state index in [1.165, 1.54) is 5.01 Å². The highest BCUT2D eigenvalue weighted by molar-refractivity contribution is 6.30. The standard InChI is InChI=1S/C25H29N3O4/c1-5-27(6-2)20-13-9-18(10-14-20)17-22-23(31-7-3)26-28(24(22)29)21-15-11-19(12-16-21)25(30)32-8-4/h9-17H,5-8H2,1-4H3/b22-17-. The lowest BCUT2D eigenvalue weighted by atomic mass is 10.1. The number of anilines is 2. The highest BCUT2D eigenvalue weighted by Crippen LogP contribution is 2.26. The highest BCUT2D eigenvalue weighted by atomic mass is 16.5. The Labute approximate surface area is 188 Å². The summed E-state index contributed by atoms with van der Waals surface area (Å²) < 4.78 is 10.6. The van der Waals surface area contributed by atoms with E-state index in [1.54, 1.807) is 37.3 Å². The molecule has 0 saturated heterocycles. The monoisotopic (exact) mass is 435 g/mol. The Bertz CT molecular complexity index is 1010. The zero-order valence-corrected chi connectivity index (χ0v) is 19.0. The predicted octanol–water partition coefficient (Wildman–Crippen LogP) is 4.49. The van der Waals surface area contributed by atoms with E-state index < -0.39 is 5.97 Å². The maximum absolute atomic E-state index is 13.1. The molecule has 7 nitrogen and oxygen atoms in total. The van der Waals surface area contributed by atoms with E-state index >= 15 is 0 Å². The quantitative estimate of drug-likeness (QED) is 0.451. The smallest absolute Gasteiger partial charge is 0.338 e. The van der Waals surface area contributed by atoms with Crippen LogP contribution in [0.1, 0.15) is 43.6 Å². The molecule has 0 fully saturated rings. The summed E-state index contributed by atoms with van der Waals surface area (Å²) in [7, 11) is 0. The number of carbonyl (C=O) groups excluding carboxylic acids is 2. The van der Waals surface area contributed by atoms with Crippen molar-refractivity contribution in [3.63, 3.8) is 0 Å². The summed E-state index contributed by atoms with van der Waals surface area (Å²) in [5, 5.41) is 5.66. The van der Waals surface area contributed by atoms with Gasteiger partial charge in [0, 0.05) is 18.8 Å². The van der Waals surface area contributed by atoms with Crippen LogP contribution in [-0.2, 0) is 14.3 Å². The molecule has 0 spiro atoms. The number of benzene rings is 2. The fourth-order valence-electron chi connectivity index (χ4n) is 3.43. The minimum atomic E-state index is -0.404. The topological polar surface area (TPSA) is 71.4 Å². The van der Waals surface area contributed by atoms with Crippen LogP contribution >= 0.6 is 0 Å². The molecule has 0 N–H and O–H groups in total. The van der Waals surface area contributed by atoms with Crippen molar-refractivity contribution >= 4 is 35.2 Å². The zero-order chi connectivity index (χ0) is 23.1. The van der Waals surface area contributed by atoms with Crippen LogP contribution in [0, 0.1) is 0 Å². The van der Waals surface area contributed by atoms with E-state index in [4.69, 9.17) is 9.47 Å². The van der Waals surface area contributed by atoms with E-state index in [0.717, 1.165) is 24.3 Å². The average molecular weight is 436 g/mol. The Morgan fingerprint density at radius 2 is 1.62 bits per heavy atom. The third kappa shape index (κ3) is 4.99. The number of hydrazone groups is 1. The molecule has 0 atom stereocenters. The van der Waals surface area contributed by atoms with Gasteiger partial charge in [0.1, 0.15) is 5.57 Å². The first kappa shape index (κ1) is 23.1. The molecule has 2 aromatic rings. The second kappa shape index (κ2) is 10.6. The van der Waals surface area contributed by atoms with Gasteiger partial charge in [-0.2, -0.15) is 5.01 Å². The van der Waals surface area contributed by atoms with Crippen LogP contribution in [0.2, 0.25) is 0 Å². The Morgan fingerprint density at radius 1 is 0.969 bits per heavy atom. The molecular formula is C25H29N3O4. The van der Waals surface area contributed by atoms with E-state index in [-0.39, 0.29) is 11.8 Å². The maximum atomic E-state index is 13.1. The van der Waals surface area contributed by atoms with Gasteiger partial charge in [-0.15, -0.1) is 5.10 Å². The maximum Gasteiger partial charge on any atom is 0.338 e. The molecule has 1 amide bonds. The Kier molecular flexibility index (Phi) is 7.65. The fourth-order valence-corrected chi connectivity index (χ4v) is 3.43. The second-order valence-corrected chi connectivity index (χ2v) is 7.04. The van der Waals surface area contributed by atoms with E-state index in [0.29, 0.717) is 30.0 Å². The average Bonchev–Trinajstić information content (AvgIpc) is 3.11. The molecule has 2 aromatic carbocycles. The molecular weight excluding hydrogens is 406 g/mol. The molecule has 1 heterocycles. The van der Waals surface area contributed by atoms with Gasteiger partial charge in [-0.25, -0.2) is 4.79 Å². The van der Waals surface area contributed by atoms with E-state index in [9.17, 15) is 9.59 Å². The molecule has 0 radical (unpaired) electrons. The predicted molar refractivity (Wildman–Crippen MR) is 127 cm³/mol. The van der Waals surface area contributed by atoms with Crippen LogP contribution in [0.4, 0.5) is 11.4 Å². The van der Waals surface area contributed by atoms with Gasteiger partial charge in [0.05, 0.1) is 24.5 Å². The Morgan fingerprint density at radius 3 is 2.19 bits per heavy atom. The van der Waals surface area contributed by atoms with Gasteiger partial charge in [-0.1, -0.05) is 12.1 Å². The summed E-state index contributed by atoms with van der Waals surface area (Å²) in [5.74, 6) is -0.413. The summed E-state index contributed by atoms with van der Waals surface area (Å²) in [6.45, 7) is 10.4. The Balaban J connectivity index is 1.86. The van der Waals surface area contributed by atoms with Crippen LogP contribution in [0.3, 0.4) is 0 Å². The van der Waals surface area contributed by atoms with Crippen LogP contribution in [0.25, 0.3) is 6.08 Å². The van der Waals surface area contributed by atoms with Crippen molar-refractivity contribution in [1.29, 1.82) is 0 Å². The van der Waals surface area contributed by atoms with Crippen LogP contribution in [-0.4, -0.2) is 44.1 Å². The first-order chi connectivity index (χ1) is 15.5. The number of amides is 1. The molecule has 1 aliphatic heterocycles. The number of carbonyl (C=O) groups is 2. The number of rotatable bonds is 8. The minimum Gasteiger partial charge on any atom is -0.476 e. The van der Waals surface area contributed by atoms with E-state index in [2.05, 4.69) is 23.8 Å². The van der Waals surface area contributed by atoms with Gasteiger partial charge in [0.2, 0.25) is 5.90 Å². The summed E-state index contributed by atoms with van der Waals surface area (Å²) in [4.78, 5) is 27.3. The molecule has 0 aliphatic carbocycles. The molecule has 7 heteroatoms. The van der Waals surface area contributed by atoms with Crippen molar-refractivity contribution in [1.82, 2.24) is 0 Å². The first-order valence-corrected chi connectivity index (χ1v) is 10.9. The molecule has 0 unspecified atom stereocenters. The number of ether oxygens (including phenoxy) is 2. The van der Waals surface area contributed by atoms with Gasteiger partial charge in [0.25, 0.3) is 5.91 Å². The van der Waals surface area contributed by atoms with Crippen molar-refractivity contribution < 1.29 is 19.1 Å². The summed E-state index contributed by atoms with van der Waals surface area (Å²) >= 11 is 0. The van der Waals surface area contributed by atoms with Crippen molar-refractivity contribution in [2.24, 2.45) is 5.10 Å². The van der Waals surface area contributed by atoms with Gasteiger partial charge >= 0.3 is 5.97 Å². The molecule has 0 saturated carbocycles.